The van der Waals surface area contributed by atoms with E-state index >= 15 is 0 Å². The number of methoxy groups -OCH3 is 1. The van der Waals surface area contributed by atoms with Gasteiger partial charge in [0.25, 0.3) is 0 Å². The number of benzene rings is 2. The van der Waals surface area contributed by atoms with Crippen LogP contribution < -0.4 is 10.2 Å². The molecule has 41 heavy (non-hydrogen) atoms. The Bertz CT molecular complexity index is 1420. The van der Waals surface area contributed by atoms with Crippen molar-refractivity contribution in [3.63, 3.8) is 0 Å². The van der Waals surface area contributed by atoms with Gasteiger partial charge in [-0.05, 0) is 13.0 Å². The Hall–Kier alpha value is -2.78. The van der Waals surface area contributed by atoms with Crippen LogP contribution >= 0.6 is 0 Å². The Morgan fingerprint density at radius 3 is 2.49 bits per heavy atom. The first kappa shape index (κ1) is 31.2. The van der Waals surface area contributed by atoms with Gasteiger partial charge in [-0.1, -0.05) is 12.1 Å². The number of fused-ring (bicyclic) bond motifs is 3. The second-order valence-corrected chi connectivity index (χ2v) is 10.2. The average Bonchev–Trinajstić information content (AvgIpc) is 2.94. The summed E-state index contributed by atoms with van der Waals surface area (Å²) in [6, 6.07) is 3.58. The number of carbonyl (C=O) groups is 3. The first-order valence-corrected chi connectivity index (χ1v) is 12.6. The number of phenols is 2. The van der Waals surface area contributed by atoms with E-state index in [9.17, 15) is 39.9 Å². The van der Waals surface area contributed by atoms with E-state index in [1.54, 1.807) is 6.92 Å². The number of ether oxygens (including phenoxy) is 3. The summed E-state index contributed by atoms with van der Waals surface area (Å²) in [5, 5.41) is 53.9. The number of carbonyl (C=O) groups excluding carboxylic acids is 3. The quantitative estimate of drug-likeness (QED) is 0.151. The van der Waals surface area contributed by atoms with Crippen LogP contribution in [0.4, 0.5) is 0 Å². The number of ketones is 3. The maximum absolute atomic E-state index is 13.7. The second-order valence-electron chi connectivity index (χ2n) is 10.2. The van der Waals surface area contributed by atoms with Crippen LogP contribution in [0.2, 0.25) is 0 Å². The van der Waals surface area contributed by atoms with Crippen LogP contribution in [0.3, 0.4) is 0 Å². The molecule has 13 nitrogen and oxygen atoms in total. The summed E-state index contributed by atoms with van der Waals surface area (Å²) >= 11 is 0. The number of rotatable bonds is 6. The zero-order valence-electron chi connectivity index (χ0n) is 22.0. The summed E-state index contributed by atoms with van der Waals surface area (Å²) in [4.78, 5) is 39.8. The van der Waals surface area contributed by atoms with Gasteiger partial charge in [-0.2, -0.15) is 0 Å². The van der Waals surface area contributed by atoms with Gasteiger partial charge >= 0.3 is 0 Å². The SMILES string of the molecule is COc1cccc2c1C(=O)c1c(O)c3c(c(O)c1C2=O)C[C@@](O)(C(=O)CO)C[C@@H]3OC1CC(N[NH-])C(O)C(C)O1.[Ir]. The number of aromatic hydroxyl groups is 2. The number of Topliss-reactive ketones (excluding diaryl/α,β-unsaturated/α-hetero) is 1. The Balaban J connectivity index is 0.00000387. The second kappa shape index (κ2) is 11.5. The number of nitrogens with one attached hydrogen (secondary N) is 2. The van der Waals surface area contributed by atoms with Gasteiger partial charge in [-0.15, -0.1) is 0 Å². The molecule has 223 valence electrons. The van der Waals surface area contributed by atoms with Gasteiger partial charge in [0.1, 0.15) is 29.5 Å². The summed E-state index contributed by atoms with van der Waals surface area (Å²) in [5.74, 6) is 3.65. The monoisotopic (exact) mass is 750 g/mol. The van der Waals surface area contributed by atoms with E-state index in [0.717, 1.165) is 0 Å². The number of hydrogen-bond acceptors (Lipinski definition) is 12. The molecule has 5 rings (SSSR count). The molecule has 2 aliphatic carbocycles. The van der Waals surface area contributed by atoms with Crippen molar-refractivity contribution in [1.29, 1.82) is 0 Å². The molecular formula is C27H29IrN2O11-. The van der Waals surface area contributed by atoms with Crippen molar-refractivity contribution in [3.8, 4) is 17.2 Å². The molecular weight excluding hydrogens is 721 g/mol. The topological polar surface area (TPSA) is 216 Å². The summed E-state index contributed by atoms with van der Waals surface area (Å²) in [6.07, 6.45) is -5.42. The third kappa shape index (κ3) is 4.88. The fraction of sp³-hybridized carbons (Fsp3) is 0.444. The normalized spacial score (nSPS) is 28.7. The van der Waals surface area contributed by atoms with E-state index in [-0.39, 0.29) is 54.5 Å². The molecule has 2 aromatic carbocycles. The standard InChI is InChI=1S/C27H30N2O11.Ir/c1-10-22(32)13(29-28)6-17(39-10)40-15-8-27(37,16(31)9-30)7-12-19(15)26(36)21-20(24(12)34)23(33)11-4-3-5-14(38-2)18(11)25(21)35;/h3-5,10,13,15,17,22,30,32,37H,6-9H2,1-2H3,(H5,28,29,33,34,35,36);/p-1/t10?,13?,15-,17?,22?,27-;/m0./s1. The molecule has 0 spiro atoms. The van der Waals surface area contributed by atoms with Gasteiger partial charge in [-0.3, -0.25) is 14.4 Å². The van der Waals surface area contributed by atoms with Gasteiger partial charge in [-0.25, -0.2) is 0 Å². The van der Waals surface area contributed by atoms with Crippen molar-refractivity contribution in [2.24, 2.45) is 0 Å². The molecule has 1 heterocycles. The Morgan fingerprint density at radius 2 is 1.85 bits per heavy atom. The largest absolute Gasteiger partial charge is 0.612 e. The van der Waals surface area contributed by atoms with Crippen molar-refractivity contribution < 1.29 is 74.2 Å². The first-order valence-electron chi connectivity index (χ1n) is 12.6. The van der Waals surface area contributed by atoms with E-state index in [4.69, 9.17) is 20.1 Å². The van der Waals surface area contributed by atoms with Crippen LogP contribution in [0.1, 0.15) is 68.8 Å². The molecule has 4 unspecified atom stereocenters. The zero-order chi connectivity index (χ0) is 29.1. The number of aliphatic hydroxyl groups excluding tert-OH is 2. The minimum Gasteiger partial charge on any atom is -0.612 e. The minimum atomic E-state index is -2.26. The Morgan fingerprint density at radius 1 is 1.17 bits per heavy atom. The minimum absolute atomic E-state index is 0. The van der Waals surface area contributed by atoms with Crippen molar-refractivity contribution in [2.75, 3.05) is 13.7 Å². The van der Waals surface area contributed by atoms with Crippen LogP contribution in [-0.2, 0) is 40.8 Å². The van der Waals surface area contributed by atoms with E-state index in [2.05, 4.69) is 5.43 Å². The van der Waals surface area contributed by atoms with Gasteiger partial charge in [0.05, 0.1) is 42.1 Å². The molecule has 1 radical (unpaired) electrons. The van der Waals surface area contributed by atoms with E-state index < -0.39 is 95.7 Å². The van der Waals surface area contributed by atoms with E-state index in [1.165, 1.54) is 25.3 Å². The maximum atomic E-state index is 13.7. The number of hydrogen-bond donors (Lipinski definition) is 6. The van der Waals surface area contributed by atoms with Gasteiger partial charge in [0.15, 0.2) is 17.9 Å². The molecule has 2 aromatic rings. The molecule has 7 N–H and O–H groups in total. The Kier molecular flexibility index (Phi) is 8.72. The number of aliphatic hydroxyl groups is 3. The molecule has 0 bridgehead atoms. The smallest absolute Gasteiger partial charge is 0.202 e. The summed E-state index contributed by atoms with van der Waals surface area (Å²) in [6.45, 7) is 0.522. The Labute approximate surface area is 247 Å². The van der Waals surface area contributed by atoms with Crippen molar-refractivity contribution in [2.45, 2.75) is 62.4 Å². The van der Waals surface area contributed by atoms with Gasteiger partial charge in [0, 0.05) is 62.1 Å². The van der Waals surface area contributed by atoms with E-state index in [1.807, 2.05) is 0 Å². The molecule has 1 aliphatic heterocycles. The molecule has 3 aliphatic rings. The van der Waals surface area contributed by atoms with Crippen molar-refractivity contribution in [1.82, 2.24) is 5.43 Å². The van der Waals surface area contributed by atoms with Crippen LogP contribution in [0.5, 0.6) is 17.2 Å². The van der Waals surface area contributed by atoms with Crippen LogP contribution in [0, 0.1) is 0 Å². The predicted molar refractivity (Wildman–Crippen MR) is 135 cm³/mol. The third-order valence-corrected chi connectivity index (χ3v) is 7.95. The van der Waals surface area contributed by atoms with Crippen LogP contribution in [-0.4, -0.2) is 86.7 Å². The van der Waals surface area contributed by atoms with E-state index in [0.29, 0.717) is 0 Å². The molecule has 14 heteroatoms. The molecule has 1 fully saturated rings. The molecule has 0 aromatic heterocycles. The molecule has 1 saturated heterocycles. The van der Waals surface area contributed by atoms with Gasteiger partial charge in [0.2, 0.25) is 5.78 Å². The predicted octanol–water partition coefficient (Wildman–Crippen LogP) is 0.597. The van der Waals surface area contributed by atoms with Crippen LogP contribution in [0.15, 0.2) is 18.2 Å². The van der Waals surface area contributed by atoms with Crippen LogP contribution in [0.25, 0.3) is 5.84 Å². The average molecular weight is 750 g/mol. The van der Waals surface area contributed by atoms with Crippen molar-refractivity contribution >= 4 is 17.3 Å². The zero-order valence-corrected chi connectivity index (χ0v) is 24.4. The van der Waals surface area contributed by atoms with Gasteiger partial charge < -0.3 is 51.0 Å². The first-order chi connectivity index (χ1) is 19.0. The summed E-state index contributed by atoms with van der Waals surface area (Å²) in [7, 11) is 1.32. The summed E-state index contributed by atoms with van der Waals surface area (Å²) < 4.78 is 17.0. The summed E-state index contributed by atoms with van der Waals surface area (Å²) in [5.41, 5.74) is -1.51. The fourth-order valence-corrected chi connectivity index (χ4v) is 5.86. The molecule has 6 atom stereocenters. The number of phenolic OH excluding ortho intramolecular Hbond substituents is 2. The molecule has 0 amide bonds. The third-order valence-electron chi connectivity index (χ3n) is 7.95. The molecule has 0 saturated carbocycles. The fourth-order valence-electron chi connectivity index (χ4n) is 5.86. The maximum Gasteiger partial charge on any atom is 0.202 e. The van der Waals surface area contributed by atoms with Crippen molar-refractivity contribution in [3.05, 3.63) is 57.4 Å².